The van der Waals surface area contributed by atoms with Gasteiger partial charge in [-0.1, -0.05) is 17.7 Å². The zero-order chi connectivity index (χ0) is 13.6. The number of benzene rings is 1. The van der Waals surface area contributed by atoms with E-state index in [9.17, 15) is 13.2 Å². The Hall–Kier alpha value is -0.940. The number of hydrogen-bond donors (Lipinski definition) is 1. The third-order valence-electron chi connectivity index (χ3n) is 2.42. The number of aliphatic hydroxyl groups excluding tert-OH is 1. The molecular weight excluding hydrogens is 267 g/mol. The highest BCUT2D eigenvalue weighted by molar-refractivity contribution is 6.30. The SMILES string of the molecule is OCCCN(CCC(F)(F)F)c1cccc(Cl)c1. The zero-order valence-corrected chi connectivity index (χ0v) is 10.5. The Morgan fingerprint density at radius 1 is 1.22 bits per heavy atom. The highest BCUT2D eigenvalue weighted by atomic mass is 35.5. The molecule has 0 unspecified atom stereocenters. The molecule has 0 saturated carbocycles. The Kier molecular flexibility index (Phi) is 5.75. The third-order valence-corrected chi connectivity index (χ3v) is 2.66. The van der Waals surface area contributed by atoms with Crippen LogP contribution in [0.5, 0.6) is 0 Å². The van der Waals surface area contributed by atoms with Crippen molar-refractivity contribution in [3.05, 3.63) is 29.3 Å². The van der Waals surface area contributed by atoms with Crippen molar-refractivity contribution in [3.8, 4) is 0 Å². The van der Waals surface area contributed by atoms with E-state index in [1.165, 1.54) is 0 Å². The van der Waals surface area contributed by atoms with Crippen molar-refractivity contribution < 1.29 is 18.3 Å². The average Bonchev–Trinajstić information content (AvgIpc) is 2.28. The van der Waals surface area contributed by atoms with Crippen LogP contribution in [0.4, 0.5) is 18.9 Å². The molecule has 0 aliphatic rings. The summed E-state index contributed by atoms with van der Waals surface area (Å²) in [6.07, 6.45) is -4.65. The van der Waals surface area contributed by atoms with Gasteiger partial charge in [-0.05, 0) is 24.6 Å². The smallest absolute Gasteiger partial charge is 0.390 e. The molecule has 1 rings (SSSR count). The molecule has 1 N–H and O–H groups in total. The summed E-state index contributed by atoms with van der Waals surface area (Å²) in [5.74, 6) is 0. The van der Waals surface area contributed by atoms with E-state index in [-0.39, 0.29) is 13.2 Å². The average molecular weight is 282 g/mol. The molecule has 1 aromatic carbocycles. The summed E-state index contributed by atoms with van der Waals surface area (Å²) in [5, 5.41) is 9.25. The molecule has 0 aliphatic carbocycles. The largest absolute Gasteiger partial charge is 0.396 e. The third kappa shape index (κ3) is 5.60. The fraction of sp³-hybridized carbons (Fsp3) is 0.500. The van der Waals surface area contributed by atoms with Gasteiger partial charge >= 0.3 is 6.18 Å². The Morgan fingerprint density at radius 2 is 1.94 bits per heavy atom. The fourth-order valence-electron chi connectivity index (χ4n) is 1.57. The Balaban J connectivity index is 2.71. The molecule has 18 heavy (non-hydrogen) atoms. The van der Waals surface area contributed by atoms with Crippen LogP contribution in [0, 0.1) is 0 Å². The Bertz CT molecular complexity index is 371. The van der Waals surface area contributed by atoms with Gasteiger partial charge in [-0.3, -0.25) is 0 Å². The standard InChI is InChI=1S/C12H15ClF3NO/c13-10-3-1-4-11(9-10)17(6-2-8-18)7-5-12(14,15)16/h1,3-4,9,18H,2,5-8H2. The van der Waals surface area contributed by atoms with Crippen molar-refractivity contribution >= 4 is 17.3 Å². The van der Waals surface area contributed by atoms with Crippen LogP contribution in [-0.2, 0) is 0 Å². The van der Waals surface area contributed by atoms with Crippen molar-refractivity contribution in [2.24, 2.45) is 0 Å². The van der Waals surface area contributed by atoms with Gasteiger partial charge in [0.1, 0.15) is 0 Å². The summed E-state index contributed by atoms with van der Waals surface area (Å²) in [6, 6.07) is 6.69. The van der Waals surface area contributed by atoms with Gasteiger partial charge in [0.2, 0.25) is 0 Å². The highest BCUT2D eigenvalue weighted by Crippen LogP contribution is 2.24. The van der Waals surface area contributed by atoms with Gasteiger partial charge in [0.25, 0.3) is 0 Å². The summed E-state index contributed by atoms with van der Waals surface area (Å²) in [5.41, 5.74) is 0.639. The van der Waals surface area contributed by atoms with E-state index >= 15 is 0 Å². The number of hydrogen-bond acceptors (Lipinski definition) is 2. The van der Waals surface area contributed by atoms with Crippen LogP contribution >= 0.6 is 11.6 Å². The molecule has 0 saturated heterocycles. The minimum Gasteiger partial charge on any atom is -0.396 e. The molecule has 0 amide bonds. The first kappa shape index (κ1) is 15.1. The molecule has 6 heteroatoms. The van der Waals surface area contributed by atoms with Crippen LogP contribution in [0.3, 0.4) is 0 Å². The lowest BCUT2D eigenvalue weighted by Crippen LogP contribution is -2.29. The van der Waals surface area contributed by atoms with Crippen molar-refractivity contribution in [3.63, 3.8) is 0 Å². The first-order valence-corrected chi connectivity index (χ1v) is 5.98. The van der Waals surface area contributed by atoms with Crippen LogP contribution in [0.25, 0.3) is 0 Å². The van der Waals surface area contributed by atoms with E-state index in [1.807, 2.05) is 0 Å². The number of alkyl halides is 3. The van der Waals surface area contributed by atoms with Crippen molar-refractivity contribution in [1.82, 2.24) is 0 Å². The number of rotatable bonds is 6. The summed E-state index contributed by atoms with van der Waals surface area (Å²) in [6.45, 7) is 0.180. The van der Waals surface area contributed by atoms with Crippen LogP contribution in [0.1, 0.15) is 12.8 Å². The molecule has 0 aromatic heterocycles. The van der Waals surface area contributed by atoms with Crippen LogP contribution in [0.2, 0.25) is 5.02 Å². The molecule has 0 radical (unpaired) electrons. The van der Waals surface area contributed by atoms with Crippen molar-refractivity contribution in [2.75, 3.05) is 24.6 Å². The molecule has 0 spiro atoms. The van der Waals surface area contributed by atoms with Gasteiger partial charge in [-0.2, -0.15) is 13.2 Å². The molecule has 0 atom stereocenters. The van der Waals surface area contributed by atoms with Gasteiger partial charge in [0.15, 0.2) is 0 Å². The molecule has 1 aromatic rings. The first-order chi connectivity index (χ1) is 8.42. The second-order valence-electron chi connectivity index (χ2n) is 3.91. The number of nitrogens with zero attached hydrogens (tertiary/aromatic N) is 1. The monoisotopic (exact) mass is 281 g/mol. The van der Waals surface area contributed by atoms with Gasteiger partial charge in [0, 0.05) is 30.4 Å². The Labute approximate surface area is 109 Å². The zero-order valence-electron chi connectivity index (χ0n) is 9.75. The summed E-state index contributed by atoms with van der Waals surface area (Å²) in [4.78, 5) is 1.58. The Morgan fingerprint density at radius 3 is 2.50 bits per heavy atom. The van der Waals surface area contributed by atoms with E-state index in [0.717, 1.165) is 0 Å². The predicted octanol–water partition coefficient (Wildman–Crippen LogP) is 3.48. The van der Waals surface area contributed by atoms with Crippen LogP contribution in [0.15, 0.2) is 24.3 Å². The number of aliphatic hydroxyl groups is 1. The van der Waals surface area contributed by atoms with Crippen molar-refractivity contribution in [1.29, 1.82) is 0 Å². The van der Waals surface area contributed by atoms with E-state index < -0.39 is 12.6 Å². The second-order valence-corrected chi connectivity index (χ2v) is 4.35. The van der Waals surface area contributed by atoms with Crippen LogP contribution in [-0.4, -0.2) is 31.0 Å². The quantitative estimate of drug-likeness (QED) is 0.863. The molecule has 0 bridgehead atoms. The van der Waals surface area contributed by atoms with E-state index in [2.05, 4.69) is 0 Å². The molecule has 0 aliphatic heterocycles. The minimum atomic E-state index is -4.18. The molecule has 0 heterocycles. The number of halogens is 4. The lowest BCUT2D eigenvalue weighted by molar-refractivity contribution is -0.132. The van der Waals surface area contributed by atoms with E-state index in [0.29, 0.717) is 23.7 Å². The summed E-state index contributed by atoms with van der Waals surface area (Å²) < 4.78 is 36.7. The van der Waals surface area contributed by atoms with Gasteiger partial charge in [0.05, 0.1) is 6.42 Å². The lowest BCUT2D eigenvalue weighted by atomic mass is 10.2. The first-order valence-electron chi connectivity index (χ1n) is 5.60. The minimum absolute atomic E-state index is 0.0525. The fourth-order valence-corrected chi connectivity index (χ4v) is 1.75. The molecular formula is C12H15ClF3NO. The van der Waals surface area contributed by atoms with Crippen molar-refractivity contribution in [2.45, 2.75) is 19.0 Å². The van der Waals surface area contributed by atoms with Gasteiger partial charge in [-0.15, -0.1) is 0 Å². The van der Waals surface area contributed by atoms with Crippen LogP contribution < -0.4 is 4.90 Å². The lowest BCUT2D eigenvalue weighted by Gasteiger charge is -2.25. The summed E-state index contributed by atoms with van der Waals surface area (Å²) in [7, 11) is 0. The maximum absolute atomic E-state index is 12.2. The van der Waals surface area contributed by atoms with Gasteiger partial charge < -0.3 is 10.0 Å². The molecule has 0 fully saturated rings. The van der Waals surface area contributed by atoms with E-state index in [1.54, 1.807) is 29.2 Å². The van der Waals surface area contributed by atoms with E-state index in [4.69, 9.17) is 16.7 Å². The summed E-state index contributed by atoms with van der Waals surface area (Å²) >= 11 is 5.81. The maximum atomic E-state index is 12.2. The highest BCUT2D eigenvalue weighted by Gasteiger charge is 2.27. The maximum Gasteiger partial charge on any atom is 0.390 e. The molecule has 102 valence electrons. The topological polar surface area (TPSA) is 23.5 Å². The number of anilines is 1. The van der Waals surface area contributed by atoms with Gasteiger partial charge in [-0.25, -0.2) is 0 Å². The second kappa shape index (κ2) is 6.85. The normalized spacial score (nSPS) is 11.6. The molecule has 2 nitrogen and oxygen atoms in total. The predicted molar refractivity (Wildman–Crippen MR) is 66.0 cm³/mol.